The van der Waals surface area contributed by atoms with Crippen molar-refractivity contribution in [2.75, 3.05) is 12.3 Å². The average Bonchev–Trinajstić information content (AvgIpc) is 3.50. The normalized spacial score (nSPS) is 16.7. The van der Waals surface area contributed by atoms with E-state index in [1.54, 1.807) is 25.1 Å². The molecule has 12 heteroatoms. The molecule has 38 heavy (non-hydrogen) atoms. The number of nitrogens with zero attached hydrogens (tertiary/aromatic N) is 4. The maximum absolute atomic E-state index is 13.8. The van der Waals surface area contributed by atoms with E-state index in [0.717, 1.165) is 29.5 Å². The molecule has 0 bridgehead atoms. The highest BCUT2D eigenvalue weighted by atomic mass is 32.2. The van der Waals surface area contributed by atoms with Crippen LogP contribution in [0.15, 0.2) is 36.7 Å². The van der Waals surface area contributed by atoms with Gasteiger partial charge in [-0.1, -0.05) is 11.8 Å². The Labute approximate surface area is 221 Å². The van der Waals surface area contributed by atoms with E-state index in [4.69, 9.17) is 5.41 Å². The summed E-state index contributed by atoms with van der Waals surface area (Å²) >= 11 is 1.40. The van der Waals surface area contributed by atoms with E-state index in [2.05, 4.69) is 15.4 Å². The van der Waals surface area contributed by atoms with E-state index < -0.39 is 29.6 Å². The topological polar surface area (TPSA) is 86.9 Å². The second kappa shape index (κ2) is 10.0. The molecule has 2 aliphatic rings. The summed E-state index contributed by atoms with van der Waals surface area (Å²) in [5, 5.41) is 15.1. The summed E-state index contributed by atoms with van der Waals surface area (Å²) in [4.78, 5) is 19.5. The van der Waals surface area contributed by atoms with Gasteiger partial charge in [0.15, 0.2) is 10.9 Å². The number of halogens is 4. The molecule has 2 aromatic heterocycles. The predicted molar refractivity (Wildman–Crippen MR) is 136 cm³/mol. The van der Waals surface area contributed by atoms with Crippen molar-refractivity contribution in [2.45, 2.75) is 38.5 Å². The molecule has 3 aromatic rings. The van der Waals surface area contributed by atoms with Crippen LogP contribution in [-0.4, -0.2) is 43.0 Å². The number of pyridine rings is 1. The zero-order chi connectivity index (χ0) is 27.2. The van der Waals surface area contributed by atoms with Crippen molar-refractivity contribution < 1.29 is 22.4 Å². The second-order valence-electron chi connectivity index (χ2n) is 9.70. The number of thioether (sulfide) groups is 1. The van der Waals surface area contributed by atoms with Crippen LogP contribution < -0.4 is 5.32 Å². The molecule has 1 aliphatic heterocycles. The highest BCUT2D eigenvalue weighted by Crippen LogP contribution is 2.41. The van der Waals surface area contributed by atoms with Gasteiger partial charge in [-0.3, -0.25) is 19.9 Å². The smallest absolute Gasteiger partial charge is 0.347 e. The van der Waals surface area contributed by atoms with Crippen LogP contribution in [0.3, 0.4) is 0 Å². The highest BCUT2D eigenvalue weighted by Gasteiger charge is 2.38. The zero-order valence-corrected chi connectivity index (χ0v) is 21.6. The number of hydrogen-bond donors (Lipinski definition) is 2. The summed E-state index contributed by atoms with van der Waals surface area (Å²) in [6.07, 6.45) is -0.488. The van der Waals surface area contributed by atoms with Crippen LogP contribution in [0.2, 0.25) is 0 Å². The van der Waals surface area contributed by atoms with Crippen molar-refractivity contribution in [3.05, 3.63) is 70.6 Å². The summed E-state index contributed by atoms with van der Waals surface area (Å²) in [6, 6.07) is 5.86. The highest BCUT2D eigenvalue weighted by molar-refractivity contribution is 8.14. The average molecular weight is 547 g/mol. The molecule has 1 unspecified atom stereocenters. The molecule has 200 valence electrons. The Bertz CT molecular complexity index is 1400. The van der Waals surface area contributed by atoms with Gasteiger partial charge in [-0.05, 0) is 66.6 Å². The van der Waals surface area contributed by atoms with Gasteiger partial charge in [-0.15, -0.1) is 0 Å². The fourth-order valence-corrected chi connectivity index (χ4v) is 5.46. The largest absolute Gasteiger partial charge is 0.435 e. The molecule has 1 aliphatic carbocycles. The Kier molecular flexibility index (Phi) is 6.93. The summed E-state index contributed by atoms with van der Waals surface area (Å²) in [7, 11) is 1.41. The van der Waals surface area contributed by atoms with E-state index in [1.165, 1.54) is 31.1 Å². The molecule has 0 spiro atoms. The number of hydrogen-bond acceptors (Lipinski definition) is 5. The van der Waals surface area contributed by atoms with Crippen molar-refractivity contribution in [1.29, 1.82) is 5.41 Å². The number of amidine groups is 1. The van der Waals surface area contributed by atoms with E-state index in [9.17, 15) is 22.4 Å². The third kappa shape index (κ3) is 5.54. The van der Waals surface area contributed by atoms with Crippen molar-refractivity contribution in [3.8, 4) is 11.1 Å². The van der Waals surface area contributed by atoms with Crippen molar-refractivity contribution >= 4 is 22.8 Å². The van der Waals surface area contributed by atoms with Crippen LogP contribution in [0.25, 0.3) is 11.1 Å². The van der Waals surface area contributed by atoms with Crippen molar-refractivity contribution in [2.24, 2.45) is 13.0 Å². The van der Waals surface area contributed by atoms with Crippen LogP contribution in [0, 0.1) is 24.1 Å². The lowest BCUT2D eigenvalue weighted by Crippen LogP contribution is -2.31. The first-order chi connectivity index (χ1) is 18.0. The van der Waals surface area contributed by atoms with Crippen LogP contribution in [0.4, 0.5) is 17.6 Å². The molecule has 3 heterocycles. The number of benzene rings is 1. The molecule has 7 nitrogen and oxygen atoms in total. The lowest BCUT2D eigenvalue weighted by molar-refractivity contribution is -0.140. The van der Waals surface area contributed by atoms with Gasteiger partial charge in [-0.2, -0.15) is 18.3 Å². The fraction of sp³-hybridized carbons (Fsp3) is 0.385. The van der Waals surface area contributed by atoms with Crippen LogP contribution in [0.5, 0.6) is 0 Å². The van der Waals surface area contributed by atoms with E-state index >= 15 is 0 Å². The minimum atomic E-state index is -4.67. The summed E-state index contributed by atoms with van der Waals surface area (Å²) < 4.78 is 56.2. The quantitative estimate of drug-likeness (QED) is 0.392. The van der Waals surface area contributed by atoms with Gasteiger partial charge in [0, 0.05) is 43.2 Å². The SMILES string of the molecule is Cc1cc(C(NC(=O)c2cc(CN3CCSC3=N)cc(-c3cn(C)nc3C(F)(F)F)c2)C2CC2)ncc1F. The summed E-state index contributed by atoms with van der Waals surface area (Å²) in [5.74, 6) is 0.00251. The maximum Gasteiger partial charge on any atom is 0.435 e. The standard InChI is InChI=1S/C26H26F4N6OS/c1-14-7-21(32-11-20(14)27)22(16-3-4-16)33-24(37)18-9-15(12-36-5-6-38-25(36)31)8-17(10-18)19-13-35(2)34-23(19)26(28,29)30/h7-11,13,16,22,31H,3-6,12H2,1-2H3,(H,33,37). The van der Waals surface area contributed by atoms with Gasteiger partial charge < -0.3 is 10.2 Å². The summed E-state index contributed by atoms with van der Waals surface area (Å²) in [5.41, 5.74) is 0.816. The minimum Gasteiger partial charge on any atom is -0.347 e. The monoisotopic (exact) mass is 546 g/mol. The summed E-state index contributed by atoms with van der Waals surface area (Å²) in [6.45, 7) is 2.55. The van der Waals surface area contributed by atoms with Crippen molar-refractivity contribution in [3.63, 3.8) is 0 Å². The molecular formula is C26H26F4N6OS. The number of rotatable bonds is 7. The van der Waals surface area contributed by atoms with Gasteiger partial charge in [0.1, 0.15) is 5.82 Å². The second-order valence-corrected chi connectivity index (χ2v) is 10.8. The maximum atomic E-state index is 13.8. The Morgan fingerprint density at radius 1 is 1.26 bits per heavy atom. The first-order valence-electron chi connectivity index (χ1n) is 12.1. The molecule has 1 amide bonds. The molecule has 2 N–H and O–H groups in total. The lowest BCUT2D eigenvalue weighted by atomic mass is 9.98. The molecular weight excluding hydrogens is 520 g/mol. The number of nitrogens with one attached hydrogen (secondary N) is 2. The Morgan fingerprint density at radius 2 is 2.03 bits per heavy atom. The molecule has 1 aromatic carbocycles. The Balaban J connectivity index is 1.52. The lowest BCUT2D eigenvalue weighted by Gasteiger charge is -2.21. The van der Waals surface area contributed by atoms with Gasteiger partial charge in [0.25, 0.3) is 5.91 Å². The van der Waals surface area contributed by atoms with Gasteiger partial charge in [-0.25, -0.2) is 4.39 Å². The van der Waals surface area contributed by atoms with E-state index in [-0.39, 0.29) is 29.2 Å². The molecule has 5 rings (SSSR count). The van der Waals surface area contributed by atoms with E-state index in [0.29, 0.717) is 28.5 Å². The number of amides is 1. The van der Waals surface area contributed by atoms with Gasteiger partial charge >= 0.3 is 6.18 Å². The third-order valence-electron chi connectivity index (χ3n) is 6.69. The molecule has 1 saturated carbocycles. The fourth-order valence-electron chi connectivity index (χ4n) is 4.61. The molecule has 1 saturated heterocycles. The number of alkyl halides is 3. The van der Waals surface area contributed by atoms with Gasteiger partial charge in [0.2, 0.25) is 0 Å². The van der Waals surface area contributed by atoms with Gasteiger partial charge in [0.05, 0.1) is 17.9 Å². The van der Waals surface area contributed by atoms with Crippen LogP contribution in [-0.2, 0) is 19.8 Å². The number of carbonyl (C=O) groups is 1. The molecule has 1 atom stereocenters. The first kappa shape index (κ1) is 26.2. The molecule has 0 radical (unpaired) electrons. The predicted octanol–water partition coefficient (Wildman–Crippen LogP) is 5.31. The Morgan fingerprint density at radius 3 is 2.66 bits per heavy atom. The number of aromatic nitrogens is 3. The third-order valence-corrected chi connectivity index (χ3v) is 7.61. The Hall–Kier alpha value is -3.41. The van der Waals surface area contributed by atoms with Crippen LogP contribution in [0.1, 0.15) is 51.8 Å². The molecule has 2 fully saturated rings. The van der Waals surface area contributed by atoms with Crippen LogP contribution >= 0.6 is 11.8 Å². The zero-order valence-electron chi connectivity index (χ0n) is 20.8. The number of aryl methyl sites for hydroxylation is 2. The van der Waals surface area contributed by atoms with E-state index in [1.807, 2.05) is 4.90 Å². The van der Waals surface area contributed by atoms with Crippen molar-refractivity contribution in [1.82, 2.24) is 25.0 Å². The first-order valence-corrected chi connectivity index (χ1v) is 13.1. The minimum absolute atomic E-state index is 0.128. The number of carbonyl (C=O) groups excluding carboxylic acids is 1.